The number of anilines is 1. The van der Waals surface area contributed by atoms with Crippen molar-refractivity contribution in [3.63, 3.8) is 0 Å². The maximum atomic E-state index is 13.1. The summed E-state index contributed by atoms with van der Waals surface area (Å²) < 4.78 is 10.6. The van der Waals surface area contributed by atoms with Crippen molar-refractivity contribution in [2.24, 2.45) is 0 Å². The van der Waals surface area contributed by atoms with Gasteiger partial charge in [0.15, 0.2) is 0 Å². The van der Waals surface area contributed by atoms with Crippen LogP contribution >= 0.6 is 0 Å². The zero-order valence-corrected chi connectivity index (χ0v) is 19.0. The molecule has 1 saturated heterocycles. The number of methoxy groups -OCH3 is 1. The topological polar surface area (TPSA) is 79.3 Å². The molecule has 170 valence electrons. The van der Waals surface area contributed by atoms with Crippen molar-refractivity contribution in [3.05, 3.63) is 65.2 Å². The van der Waals surface area contributed by atoms with Gasteiger partial charge in [0.2, 0.25) is 0 Å². The number of carbonyl (C=O) groups is 2. The summed E-state index contributed by atoms with van der Waals surface area (Å²) in [6, 6.07) is 13.8. The quantitative estimate of drug-likeness (QED) is 0.279. The van der Waals surface area contributed by atoms with Crippen molar-refractivity contribution in [3.8, 4) is 5.75 Å². The molecule has 0 spiro atoms. The molecule has 1 aliphatic rings. The van der Waals surface area contributed by atoms with Crippen LogP contribution in [-0.2, 0) is 14.3 Å². The predicted molar refractivity (Wildman–Crippen MR) is 124 cm³/mol. The van der Waals surface area contributed by atoms with E-state index in [0.29, 0.717) is 37.5 Å². The second-order valence-corrected chi connectivity index (χ2v) is 7.79. The monoisotopic (exact) mass is 438 g/mol. The molecule has 1 unspecified atom stereocenters. The highest BCUT2D eigenvalue weighted by Crippen LogP contribution is 2.40. The normalized spacial score (nSPS) is 17.6. The van der Waals surface area contributed by atoms with Crippen LogP contribution in [0.15, 0.2) is 54.1 Å². The SMILES string of the molecule is CCOc1cccc(/C(O)=C2\C(=O)C(=O)N(CCCOC)C2c2ccc(N(C)C)cc2)c1. The van der Waals surface area contributed by atoms with Crippen molar-refractivity contribution in [2.75, 3.05) is 45.9 Å². The highest BCUT2D eigenvalue weighted by atomic mass is 16.5. The number of Topliss-reactive ketones (excluding diaryl/α,β-unsaturated/α-hetero) is 1. The van der Waals surface area contributed by atoms with E-state index in [9.17, 15) is 14.7 Å². The molecule has 3 rings (SSSR count). The third-order valence-electron chi connectivity index (χ3n) is 5.43. The molecule has 1 aliphatic heterocycles. The second-order valence-electron chi connectivity index (χ2n) is 7.79. The fraction of sp³-hybridized carbons (Fsp3) is 0.360. The van der Waals surface area contributed by atoms with Crippen LogP contribution in [0.2, 0.25) is 0 Å². The zero-order chi connectivity index (χ0) is 23.3. The Hall–Kier alpha value is -3.32. The Kier molecular flexibility index (Phi) is 7.53. The smallest absolute Gasteiger partial charge is 0.295 e. The third kappa shape index (κ3) is 4.78. The van der Waals surface area contributed by atoms with Gasteiger partial charge in [-0.05, 0) is 43.2 Å². The molecule has 0 aromatic heterocycles. The fourth-order valence-corrected chi connectivity index (χ4v) is 3.85. The summed E-state index contributed by atoms with van der Waals surface area (Å²) in [6.07, 6.45) is 0.579. The van der Waals surface area contributed by atoms with Gasteiger partial charge in [0.1, 0.15) is 11.5 Å². The Balaban J connectivity index is 2.10. The largest absolute Gasteiger partial charge is 0.507 e. The van der Waals surface area contributed by atoms with Crippen molar-refractivity contribution in [2.45, 2.75) is 19.4 Å². The molecule has 0 saturated carbocycles. The van der Waals surface area contributed by atoms with E-state index in [1.165, 1.54) is 4.90 Å². The van der Waals surface area contributed by atoms with Crippen LogP contribution in [-0.4, -0.2) is 62.7 Å². The van der Waals surface area contributed by atoms with Gasteiger partial charge in [-0.2, -0.15) is 0 Å². The molecule has 0 bridgehead atoms. The number of ketones is 1. The van der Waals surface area contributed by atoms with Crippen LogP contribution in [0.1, 0.15) is 30.5 Å². The minimum atomic E-state index is -0.691. The molecule has 2 aromatic rings. The van der Waals surface area contributed by atoms with E-state index in [2.05, 4.69) is 0 Å². The van der Waals surface area contributed by atoms with Gasteiger partial charge >= 0.3 is 0 Å². The fourth-order valence-electron chi connectivity index (χ4n) is 3.85. The molecule has 0 radical (unpaired) electrons. The van der Waals surface area contributed by atoms with E-state index in [0.717, 1.165) is 11.3 Å². The molecule has 32 heavy (non-hydrogen) atoms. The lowest BCUT2D eigenvalue weighted by atomic mass is 9.95. The minimum Gasteiger partial charge on any atom is -0.507 e. The Morgan fingerprint density at radius 3 is 2.47 bits per heavy atom. The van der Waals surface area contributed by atoms with Gasteiger partial charge in [-0.25, -0.2) is 0 Å². The molecule has 1 atom stereocenters. The molecular formula is C25H30N2O5. The van der Waals surface area contributed by atoms with E-state index < -0.39 is 17.7 Å². The van der Waals surface area contributed by atoms with E-state index in [4.69, 9.17) is 9.47 Å². The van der Waals surface area contributed by atoms with Gasteiger partial charge in [-0.15, -0.1) is 0 Å². The number of nitrogens with zero attached hydrogens (tertiary/aromatic N) is 2. The van der Waals surface area contributed by atoms with E-state index in [1.54, 1.807) is 31.4 Å². The Labute approximate surface area is 188 Å². The van der Waals surface area contributed by atoms with Gasteiger partial charge in [-0.1, -0.05) is 24.3 Å². The highest BCUT2D eigenvalue weighted by molar-refractivity contribution is 6.46. The number of carbonyl (C=O) groups excluding carboxylic acids is 2. The highest BCUT2D eigenvalue weighted by Gasteiger charge is 2.45. The van der Waals surface area contributed by atoms with Gasteiger partial charge in [0.05, 0.1) is 18.2 Å². The number of rotatable bonds is 9. The first-order chi connectivity index (χ1) is 15.4. The van der Waals surface area contributed by atoms with Crippen LogP contribution in [0.25, 0.3) is 5.76 Å². The number of benzene rings is 2. The van der Waals surface area contributed by atoms with E-state index in [1.807, 2.05) is 50.2 Å². The summed E-state index contributed by atoms with van der Waals surface area (Å²) in [7, 11) is 5.48. The average molecular weight is 439 g/mol. The third-order valence-corrected chi connectivity index (χ3v) is 5.43. The summed E-state index contributed by atoms with van der Waals surface area (Å²) >= 11 is 0. The second kappa shape index (κ2) is 10.3. The number of ether oxygens (including phenoxy) is 2. The van der Waals surface area contributed by atoms with Gasteiger partial charge in [0.25, 0.3) is 11.7 Å². The van der Waals surface area contributed by atoms with Gasteiger partial charge in [-0.3, -0.25) is 9.59 Å². The molecule has 1 N–H and O–H groups in total. The van der Waals surface area contributed by atoms with Crippen molar-refractivity contribution in [1.29, 1.82) is 0 Å². The van der Waals surface area contributed by atoms with E-state index in [-0.39, 0.29) is 11.3 Å². The van der Waals surface area contributed by atoms with Crippen LogP contribution in [0.3, 0.4) is 0 Å². The Morgan fingerprint density at radius 2 is 1.84 bits per heavy atom. The molecule has 2 aromatic carbocycles. The predicted octanol–water partition coefficient (Wildman–Crippen LogP) is 3.61. The molecular weight excluding hydrogens is 408 g/mol. The maximum Gasteiger partial charge on any atom is 0.295 e. The first kappa shape index (κ1) is 23.3. The molecule has 1 amide bonds. The lowest BCUT2D eigenvalue weighted by molar-refractivity contribution is -0.140. The Bertz CT molecular complexity index is 998. The molecule has 0 aliphatic carbocycles. The molecule has 1 fully saturated rings. The first-order valence-corrected chi connectivity index (χ1v) is 10.7. The maximum absolute atomic E-state index is 13.1. The first-order valence-electron chi connectivity index (χ1n) is 10.7. The summed E-state index contributed by atoms with van der Waals surface area (Å²) in [5, 5.41) is 11.2. The molecule has 1 heterocycles. The van der Waals surface area contributed by atoms with Gasteiger partial charge in [0, 0.05) is 45.6 Å². The summed E-state index contributed by atoms with van der Waals surface area (Å²) in [4.78, 5) is 29.5. The van der Waals surface area contributed by atoms with E-state index >= 15 is 0 Å². The lowest BCUT2D eigenvalue weighted by Gasteiger charge is -2.26. The summed E-state index contributed by atoms with van der Waals surface area (Å²) in [6.45, 7) is 3.15. The molecule has 7 heteroatoms. The zero-order valence-electron chi connectivity index (χ0n) is 19.0. The number of likely N-dealkylation sites (tertiary alicyclic amines) is 1. The summed E-state index contributed by atoms with van der Waals surface area (Å²) in [5.74, 6) is -0.938. The van der Waals surface area contributed by atoms with Crippen molar-refractivity contribution in [1.82, 2.24) is 4.90 Å². The number of aliphatic hydroxyl groups is 1. The number of hydrogen-bond acceptors (Lipinski definition) is 6. The number of amides is 1. The minimum absolute atomic E-state index is 0.0821. The van der Waals surface area contributed by atoms with Crippen LogP contribution in [0.4, 0.5) is 5.69 Å². The average Bonchev–Trinajstić information content (AvgIpc) is 3.04. The standard InChI is InChI=1S/C25H30N2O5/c1-5-32-20-9-6-8-18(16-20)23(28)21-22(17-10-12-19(13-11-17)26(2)3)27(14-7-15-31-4)25(30)24(21)29/h6,8-13,16,22,28H,5,7,14-15H2,1-4H3/b23-21+. The van der Waals surface area contributed by atoms with Crippen LogP contribution in [0.5, 0.6) is 5.75 Å². The lowest BCUT2D eigenvalue weighted by Crippen LogP contribution is -2.31. The summed E-state index contributed by atoms with van der Waals surface area (Å²) in [5.41, 5.74) is 2.27. The van der Waals surface area contributed by atoms with Gasteiger partial charge < -0.3 is 24.4 Å². The van der Waals surface area contributed by atoms with Crippen molar-refractivity contribution < 1.29 is 24.2 Å². The number of hydrogen-bond donors (Lipinski definition) is 1. The van der Waals surface area contributed by atoms with Crippen LogP contribution in [0, 0.1) is 0 Å². The number of aliphatic hydroxyl groups excluding tert-OH is 1. The van der Waals surface area contributed by atoms with Crippen LogP contribution < -0.4 is 9.64 Å². The molecule has 7 nitrogen and oxygen atoms in total. The van der Waals surface area contributed by atoms with Crippen molar-refractivity contribution >= 4 is 23.1 Å². The Morgan fingerprint density at radius 1 is 1.12 bits per heavy atom.